The normalized spacial score (nSPS) is 33.3. The van der Waals surface area contributed by atoms with Gasteiger partial charge in [0.15, 0.2) is 11.5 Å². The van der Waals surface area contributed by atoms with Gasteiger partial charge < -0.3 is 233 Å². The number of carboxylic acid groups (broad SMARTS) is 1. The van der Waals surface area contributed by atoms with Gasteiger partial charge in [-0.05, 0) is 95.1 Å². The number of fused-ring (bicyclic) bond motifs is 1. The van der Waals surface area contributed by atoms with Gasteiger partial charge in [0.2, 0.25) is 55.5 Å². The first kappa shape index (κ1) is 112. The molecule has 7 aliphatic heterocycles. The van der Waals surface area contributed by atoms with Crippen LogP contribution in [0.2, 0.25) is 0 Å². The maximum atomic E-state index is 13.4. The van der Waals surface area contributed by atoms with Gasteiger partial charge in [0.25, 0.3) is 0 Å². The summed E-state index contributed by atoms with van der Waals surface area (Å²) in [5.74, 6) is -13.0. The van der Waals surface area contributed by atoms with Crippen molar-refractivity contribution in [3.8, 4) is 68.8 Å². The van der Waals surface area contributed by atoms with Crippen molar-refractivity contribution in [1.82, 2.24) is 0 Å². The number of phenolic OH excluding ortho intramolecular Hbond substituents is 3. The van der Waals surface area contributed by atoms with Crippen molar-refractivity contribution in [2.75, 3.05) is 46.2 Å². The quantitative estimate of drug-likeness (QED) is 0.00565. The maximum Gasteiger partial charge on any atom is 0.402 e. The molecule has 808 valence electrons. The lowest BCUT2D eigenvalue weighted by Gasteiger charge is -2.40. The summed E-state index contributed by atoms with van der Waals surface area (Å²) < 4.78 is 113. The zero-order valence-corrected chi connectivity index (χ0v) is 77.3. The number of aliphatic hydroxyl groups excluding tert-OH is 23. The molecule has 7 aliphatic rings. The van der Waals surface area contributed by atoms with Crippen LogP contribution >= 0.6 is 0 Å². The van der Waals surface area contributed by atoms with E-state index in [9.17, 15) is 167 Å². The van der Waals surface area contributed by atoms with E-state index < -0.39 is 355 Å². The molecule has 14 rings (SSSR count). The standard InChI is InChI=1S/C96H106O53/c97-31-54-68(109)75(116)82(123)90(143-54)135-44-13-1-38(2-14-44)9-21-62(103)130-33-56-70(111)77(118)84(125)92(145-56)137-46-17-5-40(6-18-46)11-23-64(105)132-35-58-72(113)79(120)86(127)94(147-58)140-51-25-42(89-53(29-48-49(100)27-43(99)28-50(48)139-89)142-96-88(129)81(122)74(115)60(149-96)37-134-66(107)30-61(101)102)26-52(67(51)108)141-95-87(128)80(121)73(114)59(148-95)36-133-65(106)24-12-41-7-19-47(20-8-41)138-93-85(126)78(119)71(112)57(146-93)34-131-63(104)22-10-39-3-15-45(16-4-39)136-91-83(124)76(117)69(110)55(32-98)144-91/h1-29,54-60,68-88,90-98,109-129H,30-37H2,(H3-,99,100,101,102,108)/b21-9+,22-10+,23-11+,24-12+/t54-,55-,56-,57-,58-,59-,60-,68-,69-,70-,71-,72-,73-,74-,75+,76+,77+,78+,79+,80+,81+,82-,83-,84-,85-,86-,87-,88-,90-,91-,92-,93-,94-,95-,96-/m1/s1. The van der Waals surface area contributed by atoms with Crippen molar-refractivity contribution in [1.29, 1.82) is 0 Å². The van der Waals surface area contributed by atoms with Crippen LogP contribution in [0, 0.1) is 0 Å². The molecule has 0 bridgehead atoms. The molecular formula is C96H106O53. The summed E-state index contributed by atoms with van der Waals surface area (Å²) in [5.41, 5.74) is 0.483. The lowest BCUT2D eigenvalue weighted by molar-refractivity contribution is -0.305. The summed E-state index contributed by atoms with van der Waals surface area (Å²) in [6.07, 6.45) is -57.4. The highest BCUT2D eigenvalue weighted by Crippen LogP contribution is 2.48. The number of hydrogen-bond donors (Lipinski definition) is 26. The monoisotopic (exact) mass is 2110 g/mol. The van der Waals surface area contributed by atoms with Crippen molar-refractivity contribution >= 4 is 71.1 Å². The second kappa shape index (κ2) is 49.8. The van der Waals surface area contributed by atoms with Crippen LogP contribution in [0.5, 0.6) is 57.5 Å². The van der Waals surface area contributed by atoms with Gasteiger partial charge in [-0.25, -0.2) is 23.6 Å². The molecule has 149 heavy (non-hydrogen) atoms. The Morgan fingerprint density at radius 1 is 0.295 bits per heavy atom. The van der Waals surface area contributed by atoms with Gasteiger partial charge in [-0.2, -0.15) is 0 Å². The molecule has 0 saturated carbocycles. The highest BCUT2D eigenvalue weighted by molar-refractivity contribution is 5.91. The minimum atomic E-state index is -2.34. The zero-order chi connectivity index (χ0) is 107. The number of phenols is 3. The van der Waals surface area contributed by atoms with Gasteiger partial charge in [0, 0.05) is 48.6 Å². The summed E-state index contributed by atoms with van der Waals surface area (Å²) >= 11 is 0. The van der Waals surface area contributed by atoms with Gasteiger partial charge in [-0.3, -0.25) is 4.79 Å². The Labute approximate surface area is 839 Å². The summed E-state index contributed by atoms with van der Waals surface area (Å²) in [6, 6.07) is 27.0. The lowest BCUT2D eigenvalue weighted by Crippen LogP contribution is -2.60. The molecule has 26 N–H and O–H groups in total. The summed E-state index contributed by atoms with van der Waals surface area (Å²) in [6.45, 7) is -5.60. The molecule has 53 nitrogen and oxygen atoms in total. The van der Waals surface area contributed by atoms with E-state index >= 15 is 0 Å². The van der Waals surface area contributed by atoms with E-state index in [2.05, 4.69) is 0 Å². The number of hydrogen-bond acceptors (Lipinski definition) is 52. The van der Waals surface area contributed by atoms with Crippen molar-refractivity contribution in [2.24, 2.45) is 0 Å². The number of rotatable bonds is 37. The molecule has 53 heteroatoms. The number of carbonyl (C=O) groups excluding carboxylic acids is 6. The minimum Gasteiger partial charge on any atom is -0.550 e. The van der Waals surface area contributed by atoms with E-state index in [0.717, 1.165) is 54.6 Å². The lowest BCUT2D eigenvalue weighted by atomic mass is 9.99. The van der Waals surface area contributed by atoms with E-state index in [0.29, 0.717) is 11.1 Å². The summed E-state index contributed by atoms with van der Waals surface area (Å²) in [7, 11) is 0. The minimum absolute atomic E-state index is 0.0103. The molecule has 7 saturated heterocycles. The number of carbonyl (C=O) groups is 6. The third-order valence-electron chi connectivity index (χ3n) is 24.3. The van der Waals surface area contributed by atoms with E-state index in [4.69, 9.17) is 94.4 Å². The molecule has 8 heterocycles. The number of aliphatic carboxylic acids is 1. The van der Waals surface area contributed by atoms with E-state index in [1.165, 1.54) is 121 Å². The van der Waals surface area contributed by atoms with Gasteiger partial charge >= 0.3 is 41.2 Å². The third-order valence-corrected chi connectivity index (χ3v) is 24.3. The molecule has 6 aromatic carbocycles. The second-order valence-electron chi connectivity index (χ2n) is 34.8. The predicted octanol–water partition coefficient (Wildman–Crippen LogP) is -8.50. The van der Waals surface area contributed by atoms with Gasteiger partial charge in [-0.15, -0.1) is 0 Å². The van der Waals surface area contributed by atoms with Crippen LogP contribution in [0.4, 0.5) is 0 Å². The predicted molar refractivity (Wildman–Crippen MR) is 483 cm³/mol. The number of benzene rings is 6. The van der Waals surface area contributed by atoms with Crippen LogP contribution < -0.4 is 38.3 Å². The molecule has 0 spiro atoms. The van der Waals surface area contributed by atoms with Gasteiger partial charge in [0.05, 0.1) is 37.2 Å². The maximum absolute atomic E-state index is 13.4. The highest BCUT2D eigenvalue weighted by atomic mass is 16.8. The van der Waals surface area contributed by atoms with Crippen LogP contribution in [0.25, 0.3) is 46.6 Å². The molecule has 0 unspecified atom stereocenters. The van der Waals surface area contributed by atoms with Gasteiger partial charge in [-0.1, -0.05) is 48.5 Å². The fourth-order valence-corrected chi connectivity index (χ4v) is 15.8. The van der Waals surface area contributed by atoms with Crippen LogP contribution in [0.1, 0.15) is 28.7 Å². The van der Waals surface area contributed by atoms with E-state index in [-0.39, 0.29) is 39.5 Å². The van der Waals surface area contributed by atoms with Gasteiger partial charge in [0.1, 0.15) is 244 Å². The molecule has 0 radical (unpaired) electrons. The average Bonchev–Trinajstić information content (AvgIpc) is 0.761. The Morgan fingerprint density at radius 2 is 0.544 bits per heavy atom. The molecule has 0 aliphatic carbocycles. The first-order valence-corrected chi connectivity index (χ1v) is 45.6. The Kier molecular flexibility index (Phi) is 37.4. The van der Waals surface area contributed by atoms with Crippen molar-refractivity contribution < 1.29 is 261 Å². The number of aromatic hydroxyl groups is 3. The van der Waals surface area contributed by atoms with Crippen LogP contribution in [-0.2, 0) is 85.6 Å². The Morgan fingerprint density at radius 3 is 0.812 bits per heavy atom. The summed E-state index contributed by atoms with van der Waals surface area (Å²) in [4.78, 5) is 75.9. The van der Waals surface area contributed by atoms with Crippen molar-refractivity contribution in [3.63, 3.8) is 0 Å². The van der Waals surface area contributed by atoms with E-state index in [1.807, 2.05) is 0 Å². The number of aliphatic hydroxyl groups is 23. The van der Waals surface area contributed by atoms with Crippen LogP contribution in [0.3, 0.4) is 0 Å². The molecule has 7 aromatic rings. The second-order valence-corrected chi connectivity index (χ2v) is 34.8. The average molecular weight is 2110 g/mol. The first-order chi connectivity index (χ1) is 71.0. The largest absolute Gasteiger partial charge is 0.550 e. The molecule has 7 fully saturated rings. The SMILES string of the molecule is O=C([O-])CC(=O)OC[C@H]1O[C@@H](Oc2cc3c(O)cc(O)cc3[o+]c2-c2cc(O[C@@H]3O[C@H](COC(=O)/C=C/c4ccc(O[C@@H]5O[C@H](COC(=O)/C=C/c6ccc(O[C@@H]7O[C@H](CO)[C@@H](O)[C@H](O)[C@H]7O)cc6)[C@@H](O)[C@H](O)[C@H]5O)cc4)[C@@H](O)[C@H](O)[C@H]3O)c(O)c(O[C@@H]3O[C@H](COC(=O)/C=C/c4ccc(O[C@@H]5O[C@H](COC(=O)/C=C/c6ccc(O[C@@H]7O[C@H](CO)[C@@H](O)[C@H](O)[C@H]7O)cc6)[C@@H](O)[C@H](O)[C@H]5O)cc4)[C@@H](O)[C@H](O)[C@H]3O)c2)[C@H](O)[C@@H](O)[C@@H]1O. The Hall–Kier alpha value is -12.7. The molecular weight excluding hydrogens is 2000 g/mol. The smallest absolute Gasteiger partial charge is 0.402 e. The first-order valence-electron chi connectivity index (χ1n) is 45.6. The highest BCUT2D eigenvalue weighted by Gasteiger charge is 2.54. The van der Waals surface area contributed by atoms with E-state index in [1.54, 1.807) is 0 Å². The number of ether oxygens (including phenoxy) is 19. The van der Waals surface area contributed by atoms with Crippen LogP contribution in [-0.4, -0.2) is 430 Å². The fourth-order valence-electron chi connectivity index (χ4n) is 15.8. The molecule has 1 aromatic heterocycles. The summed E-state index contributed by atoms with van der Waals surface area (Å²) in [5, 5.41) is 292. The van der Waals surface area contributed by atoms with Crippen molar-refractivity contribution in [3.05, 3.63) is 174 Å². The Bertz CT molecular complexity index is 5560. The van der Waals surface area contributed by atoms with Crippen molar-refractivity contribution in [2.45, 2.75) is 221 Å². The molecule has 35 atom stereocenters. The van der Waals surface area contributed by atoms with Crippen LogP contribution in [0.15, 0.2) is 156 Å². The fraction of sp³-hybridized carbons (Fsp3) is 0.448. The molecule has 0 amide bonds. The third kappa shape index (κ3) is 27.4. The Balaban J connectivity index is 0.622. The topological polar surface area (TPSA) is 838 Å². The number of esters is 5. The zero-order valence-electron chi connectivity index (χ0n) is 77.3. The number of carboxylic acids is 1.